The molecule has 0 radical (unpaired) electrons. The van der Waals surface area contributed by atoms with E-state index >= 15 is 0 Å². The maximum Gasteiger partial charge on any atom is 0.261 e. The Kier molecular flexibility index (Phi) is 6.96. The van der Waals surface area contributed by atoms with Gasteiger partial charge in [0.25, 0.3) is 8.32 Å². The topological polar surface area (TPSA) is 49.7 Å². The number of aliphatic hydroxyl groups is 2. The maximum atomic E-state index is 10.3. The van der Waals surface area contributed by atoms with E-state index in [4.69, 9.17) is 9.53 Å². The summed E-state index contributed by atoms with van der Waals surface area (Å²) in [5, 5.41) is 21.6. The first-order valence-corrected chi connectivity index (χ1v) is 10.9. The van der Waals surface area contributed by atoms with Crippen LogP contribution in [0, 0.1) is 0 Å². The van der Waals surface area contributed by atoms with Gasteiger partial charge in [-0.1, -0.05) is 81.4 Å². The molecule has 0 fully saturated rings. The van der Waals surface area contributed by atoms with E-state index in [-0.39, 0.29) is 18.3 Å². The second-order valence-electron chi connectivity index (χ2n) is 7.49. The molecule has 2 N–H and O–H groups in total. The van der Waals surface area contributed by atoms with Crippen molar-refractivity contribution in [2.24, 2.45) is 0 Å². The van der Waals surface area contributed by atoms with Gasteiger partial charge in [-0.3, -0.25) is 0 Å². The largest absolute Gasteiger partial charge is 0.405 e. The van der Waals surface area contributed by atoms with Crippen LogP contribution in [0.5, 0.6) is 0 Å². The average molecular weight is 359 g/mol. The molecule has 0 aliphatic heterocycles. The van der Waals surface area contributed by atoms with Crippen molar-refractivity contribution in [3.63, 3.8) is 0 Å². The van der Waals surface area contributed by atoms with Crippen molar-refractivity contribution in [2.45, 2.75) is 44.8 Å². The molecule has 0 aromatic heterocycles. The van der Waals surface area contributed by atoms with Crippen LogP contribution in [0.3, 0.4) is 0 Å². The van der Waals surface area contributed by atoms with E-state index < -0.39 is 14.4 Å². The Morgan fingerprint density at radius 3 is 1.80 bits per heavy atom. The summed E-state index contributed by atoms with van der Waals surface area (Å²) in [5.41, 5.74) is 0. The van der Waals surface area contributed by atoms with Gasteiger partial charge in [0.15, 0.2) is 0 Å². The highest BCUT2D eigenvalue weighted by molar-refractivity contribution is 6.99. The van der Waals surface area contributed by atoms with Crippen LogP contribution in [0.25, 0.3) is 0 Å². The zero-order valence-corrected chi connectivity index (χ0v) is 16.5. The molecule has 0 bridgehead atoms. The van der Waals surface area contributed by atoms with E-state index in [1.807, 2.05) is 12.1 Å². The molecule has 3 nitrogen and oxygen atoms in total. The summed E-state index contributed by atoms with van der Waals surface area (Å²) in [6.45, 7) is 7.04. The Hall–Kier alpha value is -1.46. The third kappa shape index (κ3) is 4.58. The van der Waals surface area contributed by atoms with Gasteiger partial charge in [0.05, 0.1) is 12.7 Å². The van der Waals surface area contributed by atoms with E-state index in [2.05, 4.69) is 69.3 Å². The lowest BCUT2D eigenvalue weighted by Gasteiger charge is -2.43. The molecule has 4 heteroatoms. The minimum absolute atomic E-state index is 0.0909. The summed E-state index contributed by atoms with van der Waals surface area (Å²) in [6.07, 6.45) is 0.578. The van der Waals surface area contributed by atoms with Gasteiger partial charge in [0, 0.05) is 6.61 Å². The molecule has 0 unspecified atom stereocenters. The van der Waals surface area contributed by atoms with E-state index in [1.165, 1.54) is 10.4 Å². The molecule has 136 valence electrons. The van der Waals surface area contributed by atoms with E-state index in [1.54, 1.807) is 0 Å². The second-order valence-corrected chi connectivity index (χ2v) is 11.8. The predicted molar refractivity (Wildman–Crippen MR) is 106 cm³/mol. The second kappa shape index (κ2) is 8.76. The summed E-state index contributed by atoms with van der Waals surface area (Å²) < 4.78 is 6.63. The van der Waals surface area contributed by atoms with Crippen molar-refractivity contribution in [3.05, 3.63) is 60.7 Å². The molecular formula is C21H30O3Si. The molecule has 0 heterocycles. The van der Waals surface area contributed by atoms with Crippen molar-refractivity contribution in [3.8, 4) is 0 Å². The lowest BCUT2D eigenvalue weighted by Crippen LogP contribution is -2.67. The smallest absolute Gasteiger partial charge is 0.261 e. The first kappa shape index (κ1) is 19.9. The SMILES string of the molecule is CC(C)(C)[Si](OC[C@@H](O)CCCO)(c1ccccc1)c1ccccc1. The van der Waals surface area contributed by atoms with Gasteiger partial charge in [-0.25, -0.2) is 0 Å². The molecular weight excluding hydrogens is 328 g/mol. The zero-order chi connectivity index (χ0) is 18.3. The number of benzene rings is 2. The number of hydrogen-bond donors (Lipinski definition) is 2. The summed E-state index contributed by atoms with van der Waals surface area (Å²) in [7, 11) is -2.57. The monoisotopic (exact) mass is 358 g/mol. The van der Waals surface area contributed by atoms with Crippen molar-refractivity contribution in [2.75, 3.05) is 13.2 Å². The van der Waals surface area contributed by atoms with Crippen LogP contribution in [0.1, 0.15) is 33.6 Å². The van der Waals surface area contributed by atoms with Crippen molar-refractivity contribution < 1.29 is 14.6 Å². The van der Waals surface area contributed by atoms with Gasteiger partial charge < -0.3 is 14.6 Å². The number of aliphatic hydroxyl groups excluding tert-OH is 2. The fraction of sp³-hybridized carbons (Fsp3) is 0.429. The molecule has 2 aromatic carbocycles. The normalized spacial score (nSPS) is 13.6. The molecule has 1 atom stereocenters. The van der Waals surface area contributed by atoms with Gasteiger partial charge in [-0.15, -0.1) is 0 Å². The maximum absolute atomic E-state index is 10.3. The van der Waals surface area contributed by atoms with Crippen molar-refractivity contribution >= 4 is 18.7 Å². The summed E-state index contributed by atoms with van der Waals surface area (Å²) >= 11 is 0. The van der Waals surface area contributed by atoms with E-state index in [0.29, 0.717) is 12.8 Å². The standard InChI is InChI=1S/C21H30O3Si/c1-21(2,3)25(19-12-6-4-7-13-19,20-14-8-5-9-15-20)24-17-18(23)11-10-16-22/h4-9,12-15,18,22-23H,10-11,16-17H2,1-3H3/t18-/m0/s1. The third-order valence-electron chi connectivity index (χ3n) is 4.60. The van der Waals surface area contributed by atoms with Crippen molar-refractivity contribution in [1.82, 2.24) is 0 Å². The lowest BCUT2D eigenvalue weighted by molar-refractivity contribution is 0.0881. The Labute approximate surface area is 152 Å². The molecule has 2 aromatic rings. The van der Waals surface area contributed by atoms with Gasteiger partial charge in [-0.05, 0) is 28.3 Å². The molecule has 25 heavy (non-hydrogen) atoms. The van der Waals surface area contributed by atoms with Crippen LogP contribution in [0.2, 0.25) is 5.04 Å². The Morgan fingerprint density at radius 1 is 0.920 bits per heavy atom. The molecule has 2 rings (SSSR count). The van der Waals surface area contributed by atoms with E-state index in [9.17, 15) is 5.11 Å². The van der Waals surface area contributed by atoms with Crippen LogP contribution in [-0.2, 0) is 4.43 Å². The van der Waals surface area contributed by atoms with Crippen LogP contribution in [0.4, 0.5) is 0 Å². The molecule has 0 spiro atoms. The quantitative estimate of drug-likeness (QED) is 0.714. The van der Waals surface area contributed by atoms with Gasteiger partial charge in [-0.2, -0.15) is 0 Å². The summed E-state index contributed by atoms with van der Waals surface area (Å²) in [4.78, 5) is 0. The van der Waals surface area contributed by atoms with Crippen LogP contribution < -0.4 is 10.4 Å². The number of rotatable bonds is 8. The minimum Gasteiger partial charge on any atom is -0.405 e. The minimum atomic E-state index is -2.57. The Bertz CT molecular complexity index is 583. The van der Waals surface area contributed by atoms with Gasteiger partial charge in [0.2, 0.25) is 0 Å². The molecule has 0 saturated heterocycles. The molecule has 0 saturated carbocycles. The molecule has 0 amide bonds. The fourth-order valence-corrected chi connectivity index (χ4v) is 7.99. The Morgan fingerprint density at radius 2 is 1.40 bits per heavy atom. The molecule has 0 aliphatic rings. The Balaban J connectivity index is 2.46. The average Bonchev–Trinajstić information content (AvgIpc) is 2.61. The zero-order valence-electron chi connectivity index (χ0n) is 15.5. The highest BCUT2D eigenvalue weighted by atomic mass is 28.4. The summed E-state index contributed by atoms with van der Waals surface area (Å²) in [6, 6.07) is 20.8. The first-order chi connectivity index (χ1) is 11.9. The fourth-order valence-electron chi connectivity index (χ4n) is 3.39. The van der Waals surface area contributed by atoms with Crippen molar-refractivity contribution in [1.29, 1.82) is 0 Å². The predicted octanol–water partition coefficient (Wildman–Crippen LogP) is 2.70. The first-order valence-electron chi connectivity index (χ1n) is 8.96. The highest BCUT2D eigenvalue weighted by Crippen LogP contribution is 2.36. The third-order valence-corrected chi connectivity index (χ3v) is 9.61. The van der Waals surface area contributed by atoms with Crippen LogP contribution >= 0.6 is 0 Å². The van der Waals surface area contributed by atoms with Crippen LogP contribution in [-0.4, -0.2) is 37.8 Å². The van der Waals surface area contributed by atoms with E-state index in [0.717, 1.165) is 0 Å². The molecule has 0 aliphatic carbocycles. The summed E-state index contributed by atoms with van der Waals surface area (Å²) in [5.74, 6) is 0. The van der Waals surface area contributed by atoms with Gasteiger partial charge >= 0.3 is 0 Å². The number of hydrogen-bond acceptors (Lipinski definition) is 3. The highest BCUT2D eigenvalue weighted by Gasteiger charge is 2.50. The van der Waals surface area contributed by atoms with Crippen LogP contribution in [0.15, 0.2) is 60.7 Å². The van der Waals surface area contributed by atoms with Gasteiger partial charge in [0.1, 0.15) is 0 Å². The lowest BCUT2D eigenvalue weighted by atomic mass is 10.2.